The number of hydrogen-bond acceptors (Lipinski definition) is 3. The van der Waals surface area contributed by atoms with Crippen LogP contribution in [0.3, 0.4) is 0 Å². The molecule has 1 aromatic carbocycles. The molecule has 98 valence electrons. The summed E-state index contributed by atoms with van der Waals surface area (Å²) in [6, 6.07) is 2.08. The quantitative estimate of drug-likeness (QED) is 0.526. The van der Waals surface area contributed by atoms with Gasteiger partial charge in [0.25, 0.3) is 0 Å². The van der Waals surface area contributed by atoms with Crippen molar-refractivity contribution < 1.29 is 18.3 Å². The highest BCUT2D eigenvalue weighted by Crippen LogP contribution is 2.23. The smallest absolute Gasteiger partial charge is 0.333 e. The van der Waals surface area contributed by atoms with Gasteiger partial charge in [-0.05, 0) is 28.9 Å². The van der Waals surface area contributed by atoms with E-state index >= 15 is 0 Å². The molecule has 0 atom stereocenters. The third-order valence-corrected chi connectivity index (χ3v) is 2.83. The number of benzene rings is 1. The molecule has 0 heterocycles. The number of rotatable bonds is 4. The van der Waals surface area contributed by atoms with Gasteiger partial charge >= 0.3 is 5.97 Å². The van der Waals surface area contributed by atoms with E-state index in [0.29, 0.717) is 5.57 Å². The largest absolute Gasteiger partial charge is 0.466 e. The van der Waals surface area contributed by atoms with Crippen molar-refractivity contribution in [2.75, 3.05) is 19.0 Å². The Bertz CT molecular complexity index is 489. The predicted octanol–water partition coefficient (Wildman–Crippen LogP) is 3.26. The monoisotopic (exact) mass is 319 g/mol. The maximum Gasteiger partial charge on any atom is 0.333 e. The van der Waals surface area contributed by atoms with E-state index in [4.69, 9.17) is 0 Å². The zero-order chi connectivity index (χ0) is 13.7. The maximum atomic E-state index is 13.3. The Morgan fingerprint density at radius 2 is 2.11 bits per heavy atom. The molecule has 0 radical (unpaired) electrons. The lowest BCUT2D eigenvalue weighted by Crippen LogP contribution is -2.06. The molecule has 0 bridgehead atoms. The Morgan fingerprint density at radius 3 is 2.72 bits per heavy atom. The third kappa shape index (κ3) is 3.80. The first-order chi connectivity index (χ1) is 8.45. The van der Waals surface area contributed by atoms with Crippen LogP contribution < -0.4 is 5.32 Å². The van der Waals surface area contributed by atoms with Crippen molar-refractivity contribution in [3.05, 3.63) is 39.9 Å². The summed E-state index contributed by atoms with van der Waals surface area (Å²) in [6.07, 6.45) is 1.56. The van der Waals surface area contributed by atoms with Gasteiger partial charge in [0, 0.05) is 18.2 Å². The van der Waals surface area contributed by atoms with Crippen molar-refractivity contribution >= 4 is 27.6 Å². The molecule has 1 rings (SSSR count). The minimum absolute atomic E-state index is 0.150. The number of halogens is 3. The summed E-state index contributed by atoms with van der Waals surface area (Å²) in [4.78, 5) is 11.1. The van der Waals surface area contributed by atoms with Crippen LogP contribution in [0.25, 0.3) is 0 Å². The summed E-state index contributed by atoms with van der Waals surface area (Å²) in [7, 11) is 1.28. The van der Waals surface area contributed by atoms with Gasteiger partial charge in [-0.15, -0.1) is 0 Å². The van der Waals surface area contributed by atoms with Crippen molar-refractivity contribution in [3.63, 3.8) is 0 Å². The Hall–Kier alpha value is -1.43. The van der Waals surface area contributed by atoms with Crippen LogP contribution in [-0.4, -0.2) is 19.6 Å². The second-order valence-corrected chi connectivity index (χ2v) is 4.36. The van der Waals surface area contributed by atoms with Gasteiger partial charge in [0.1, 0.15) is 11.6 Å². The summed E-state index contributed by atoms with van der Waals surface area (Å²) in [5.74, 6) is -1.81. The van der Waals surface area contributed by atoms with E-state index in [1.807, 2.05) is 0 Å². The molecule has 1 aromatic rings. The first-order valence-electron chi connectivity index (χ1n) is 5.09. The SMILES string of the molecule is COC(=O)/C(C)=C/CNc1cc(Br)c(F)cc1F. The number of hydrogen-bond donors (Lipinski definition) is 1. The zero-order valence-electron chi connectivity index (χ0n) is 9.89. The van der Waals surface area contributed by atoms with Crippen molar-refractivity contribution in [1.82, 2.24) is 0 Å². The number of nitrogens with one attached hydrogen (secondary N) is 1. The van der Waals surface area contributed by atoms with Crippen LogP contribution in [-0.2, 0) is 9.53 Å². The van der Waals surface area contributed by atoms with Gasteiger partial charge in [-0.2, -0.15) is 0 Å². The van der Waals surface area contributed by atoms with E-state index < -0.39 is 17.6 Å². The first-order valence-corrected chi connectivity index (χ1v) is 5.88. The van der Waals surface area contributed by atoms with Gasteiger partial charge in [0.05, 0.1) is 17.3 Å². The summed E-state index contributed by atoms with van der Waals surface area (Å²) in [6.45, 7) is 1.82. The number of anilines is 1. The van der Waals surface area contributed by atoms with Crippen molar-refractivity contribution in [1.29, 1.82) is 0 Å². The van der Waals surface area contributed by atoms with E-state index in [9.17, 15) is 13.6 Å². The fraction of sp³-hybridized carbons (Fsp3) is 0.250. The molecule has 18 heavy (non-hydrogen) atoms. The van der Waals surface area contributed by atoms with E-state index in [0.717, 1.165) is 6.07 Å². The molecule has 6 heteroatoms. The molecule has 3 nitrogen and oxygen atoms in total. The minimum atomic E-state index is -0.695. The predicted molar refractivity (Wildman–Crippen MR) is 68.3 cm³/mol. The van der Waals surface area contributed by atoms with Crippen LogP contribution >= 0.6 is 15.9 Å². The lowest BCUT2D eigenvalue weighted by atomic mass is 10.2. The highest BCUT2D eigenvalue weighted by atomic mass is 79.9. The van der Waals surface area contributed by atoms with Crippen molar-refractivity contribution in [2.24, 2.45) is 0 Å². The number of carbonyl (C=O) groups excluding carboxylic acids is 1. The van der Waals surface area contributed by atoms with Crippen LogP contribution in [0.4, 0.5) is 14.5 Å². The highest BCUT2D eigenvalue weighted by molar-refractivity contribution is 9.10. The number of carbonyl (C=O) groups is 1. The van der Waals surface area contributed by atoms with Crippen LogP contribution in [0.15, 0.2) is 28.3 Å². The van der Waals surface area contributed by atoms with Gasteiger partial charge < -0.3 is 10.1 Å². The molecule has 0 aliphatic carbocycles. The fourth-order valence-corrected chi connectivity index (χ4v) is 1.56. The first kappa shape index (κ1) is 14.6. The summed E-state index contributed by atoms with van der Waals surface area (Å²) in [5, 5.41) is 2.74. The summed E-state index contributed by atoms with van der Waals surface area (Å²) >= 11 is 2.96. The molecule has 0 unspecified atom stereocenters. The van der Waals surface area contributed by atoms with E-state index in [-0.39, 0.29) is 16.7 Å². The van der Waals surface area contributed by atoms with Crippen LogP contribution in [0.5, 0.6) is 0 Å². The average Bonchev–Trinajstić information content (AvgIpc) is 2.34. The molecular weight excluding hydrogens is 308 g/mol. The second-order valence-electron chi connectivity index (χ2n) is 3.51. The van der Waals surface area contributed by atoms with Gasteiger partial charge in [-0.1, -0.05) is 6.08 Å². The van der Waals surface area contributed by atoms with Crippen LogP contribution in [0, 0.1) is 11.6 Å². The van der Waals surface area contributed by atoms with E-state index in [1.54, 1.807) is 13.0 Å². The Balaban J connectivity index is 2.70. The molecule has 0 amide bonds. The lowest BCUT2D eigenvalue weighted by Gasteiger charge is -2.07. The van der Waals surface area contributed by atoms with Gasteiger partial charge in [-0.3, -0.25) is 0 Å². The molecule has 0 aromatic heterocycles. The number of ether oxygens (including phenoxy) is 1. The number of esters is 1. The summed E-state index contributed by atoms with van der Waals surface area (Å²) < 4.78 is 31.0. The molecule has 0 saturated carbocycles. The molecule has 1 N–H and O–H groups in total. The van der Waals surface area contributed by atoms with Crippen molar-refractivity contribution in [2.45, 2.75) is 6.92 Å². The molecule has 0 aliphatic heterocycles. The molecule has 0 spiro atoms. The topological polar surface area (TPSA) is 38.3 Å². The van der Waals surface area contributed by atoms with Crippen LogP contribution in [0.1, 0.15) is 6.92 Å². The normalized spacial score (nSPS) is 11.3. The standard InChI is InChI=1S/C12H12BrF2NO2/c1-7(12(17)18-2)3-4-16-11-5-8(13)9(14)6-10(11)15/h3,5-6,16H,4H2,1-2H3/b7-3+. The summed E-state index contributed by atoms with van der Waals surface area (Å²) in [5.41, 5.74) is 0.559. The van der Waals surface area contributed by atoms with Gasteiger partial charge in [0.15, 0.2) is 0 Å². The van der Waals surface area contributed by atoms with E-state index in [1.165, 1.54) is 13.2 Å². The zero-order valence-corrected chi connectivity index (χ0v) is 11.5. The Labute approximate surface area is 112 Å². The molecular formula is C12H12BrF2NO2. The third-order valence-electron chi connectivity index (χ3n) is 2.22. The molecule has 0 aliphatic rings. The van der Waals surface area contributed by atoms with Gasteiger partial charge in [0.2, 0.25) is 0 Å². The average molecular weight is 320 g/mol. The Morgan fingerprint density at radius 1 is 1.44 bits per heavy atom. The Kier molecular flexibility index (Phi) is 5.27. The lowest BCUT2D eigenvalue weighted by molar-refractivity contribution is -0.136. The van der Waals surface area contributed by atoms with Gasteiger partial charge in [-0.25, -0.2) is 13.6 Å². The van der Waals surface area contributed by atoms with Crippen LogP contribution in [0.2, 0.25) is 0 Å². The van der Waals surface area contributed by atoms with E-state index in [2.05, 4.69) is 26.0 Å². The fourth-order valence-electron chi connectivity index (χ4n) is 1.22. The molecule has 0 saturated heterocycles. The highest BCUT2D eigenvalue weighted by Gasteiger charge is 2.07. The second kappa shape index (κ2) is 6.49. The number of methoxy groups -OCH3 is 1. The minimum Gasteiger partial charge on any atom is -0.466 e. The maximum absolute atomic E-state index is 13.3. The molecule has 0 fully saturated rings. The van der Waals surface area contributed by atoms with Crippen molar-refractivity contribution in [3.8, 4) is 0 Å².